The number of hydrogen-bond acceptors (Lipinski definition) is 5. The molecule has 4 aromatic rings. The van der Waals surface area contributed by atoms with Crippen molar-refractivity contribution in [3.8, 4) is 0 Å². The first kappa shape index (κ1) is 19.4. The van der Waals surface area contributed by atoms with Gasteiger partial charge in [-0.25, -0.2) is 9.50 Å². The van der Waals surface area contributed by atoms with E-state index in [2.05, 4.69) is 50.7 Å². The van der Waals surface area contributed by atoms with Crippen molar-refractivity contribution < 1.29 is 4.79 Å². The molecule has 29 heavy (non-hydrogen) atoms. The summed E-state index contributed by atoms with van der Waals surface area (Å²) in [7, 11) is 0. The summed E-state index contributed by atoms with van der Waals surface area (Å²) in [6, 6.07) is 14.4. The Kier molecular flexibility index (Phi) is 5.24. The average Bonchev–Trinajstić information content (AvgIpc) is 3.14. The molecule has 6 nitrogen and oxygen atoms in total. The number of aromatic nitrogens is 4. The maximum Gasteiger partial charge on any atom is 0.253 e. The lowest BCUT2D eigenvalue weighted by atomic mass is 10.0. The van der Waals surface area contributed by atoms with Crippen LogP contribution in [-0.4, -0.2) is 31.7 Å². The number of nitrogens with zero attached hydrogens (tertiary/aromatic N) is 4. The largest absolute Gasteiger partial charge is 0.349 e. The molecule has 2 aromatic carbocycles. The number of nitrogens with one attached hydrogen (secondary N) is 1. The Labute approximate surface area is 173 Å². The quantitative estimate of drug-likeness (QED) is 0.508. The van der Waals surface area contributed by atoms with Gasteiger partial charge in [-0.05, 0) is 49.4 Å². The normalized spacial score (nSPS) is 12.4. The van der Waals surface area contributed by atoms with E-state index in [9.17, 15) is 4.79 Å². The Hall–Kier alpha value is -2.93. The van der Waals surface area contributed by atoms with Gasteiger partial charge in [0.15, 0.2) is 0 Å². The third kappa shape index (κ3) is 3.82. The summed E-state index contributed by atoms with van der Waals surface area (Å²) in [5.74, 6) is 0.529. The second-order valence-corrected chi connectivity index (χ2v) is 7.92. The average molecular weight is 406 g/mol. The van der Waals surface area contributed by atoms with E-state index in [4.69, 9.17) is 0 Å². The van der Waals surface area contributed by atoms with Gasteiger partial charge >= 0.3 is 0 Å². The van der Waals surface area contributed by atoms with Crippen LogP contribution in [-0.2, 0) is 11.2 Å². The summed E-state index contributed by atoms with van der Waals surface area (Å²) in [4.78, 5) is 21.7. The Morgan fingerprint density at radius 3 is 2.66 bits per heavy atom. The lowest BCUT2D eigenvalue weighted by Crippen LogP contribution is -2.29. The van der Waals surface area contributed by atoms with Crippen molar-refractivity contribution in [3.05, 3.63) is 65.0 Å². The zero-order valence-corrected chi connectivity index (χ0v) is 17.7. The highest BCUT2D eigenvalue weighted by Crippen LogP contribution is 2.21. The molecule has 0 aliphatic heterocycles. The molecule has 148 valence electrons. The lowest BCUT2D eigenvalue weighted by molar-refractivity contribution is -0.121. The smallest absolute Gasteiger partial charge is 0.253 e. The van der Waals surface area contributed by atoms with Crippen LogP contribution in [0.2, 0.25) is 0 Å². The van der Waals surface area contributed by atoms with Crippen molar-refractivity contribution in [1.82, 2.24) is 24.9 Å². The van der Waals surface area contributed by atoms with Crippen molar-refractivity contribution >= 4 is 34.2 Å². The van der Waals surface area contributed by atoms with Gasteiger partial charge in [-0.2, -0.15) is 4.98 Å². The van der Waals surface area contributed by atoms with Gasteiger partial charge in [-0.3, -0.25) is 4.79 Å². The van der Waals surface area contributed by atoms with Gasteiger partial charge in [0.25, 0.3) is 5.78 Å². The summed E-state index contributed by atoms with van der Waals surface area (Å²) in [6.07, 6.45) is 2.19. The zero-order valence-electron chi connectivity index (χ0n) is 16.9. The molecule has 0 bridgehead atoms. The highest BCUT2D eigenvalue weighted by molar-refractivity contribution is 7.98. The fraction of sp³-hybridized carbons (Fsp3) is 0.273. The van der Waals surface area contributed by atoms with Crippen LogP contribution in [0.3, 0.4) is 0 Å². The van der Waals surface area contributed by atoms with Crippen LogP contribution >= 0.6 is 11.8 Å². The number of aryl methyl sites for hydroxylation is 2. The van der Waals surface area contributed by atoms with E-state index in [1.54, 1.807) is 4.52 Å². The van der Waals surface area contributed by atoms with Gasteiger partial charge in [0.2, 0.25) is 11.1 Å². The minimum atomic E-state index is -0.0844. The number of thioether (sulfide) groups is 1. The molecular weight excluding hydrogens is 382 g/mol. The third-order valence-electron chi connectivity index (χ3n) is 5.20. The van der Waals surface area contributed by atoms with E-state index < -0.39 is 0 Å². The van der Waals surface area contributed by atoms with Gasteiger partial charge in [-0.1, -0.05) is 48.2 Å². The van der Waals surface area contributed by atoms with Crippen molar-refractivity contribution in [2.24, 2.45) is 0 Å². The molecule has 2 heterocycles. The summed E-state index contributed by atoms with van der Waals surface area (Å²) < 4.78 is 1.72. The van der Waals surface area contributed by atoms with Crippen LogP contribution in [0.1, 0.15) is 35.5 Å². The summed E-state index contributed by atoms with van der Waals surface area (Å²) in [6.45, 7) is 5.87. The van der Waals surface area contributed by atoms with Gasteiger partial charge in [0.1, 0.15) is 0 Å². The number of carbonyl (C=O) groups is 1. The molecule has 0 aliphatic carbocycles. The molecule has 1 amide bonds. The molecule has 1 unspecified atom stereocenters. The predicted octanol–water partition coefficient (Wildman–Crippen LogP) is 4.04. The SMILES string of the molecule is CSc1nc2nc(C)c(CC(=O)NC(C)c3ccc4ccccc4c3)c(C)n2n1. The van der Waals surface area contributed by atoms with Crippen LogP contribution in [0.4, 0.5) is 0 Å². The van der Waals surface area contributed by atoms with Gasteiger partial charge in [0, 0.05) is 17.0 Å². The Morgan fingerprint density at radius 2 is 1.90 bits per heavy atom. The first-order valence-corrected chi connectivity index (χ1v) is 10.7. The summed E-state index contributed by atoms with van der Waals surface area (Å²) >= 11 is 1.47. The molecule has 1 atom stereocenters. The van der Waals surface area contributed by atoms with Crippen LogP contribution in [0.15, 0.2) is 47.6 Å². The van der Waals surface area contributed by atoms with E-state index in [0.717, 1.165) is 22.5 Å². The Balaban J connectivity index is 1.54. The third-order valence-corrected chi connectivity index (χ3v) is 5.74. The highest BCUT2D eigenvalue weighted by atomic mass is 32.2. The maximum atomic E-state index is 12.8. The number of benzene rings is 2. The topological polar surface area (TPSA) is 72.2 Å². The fourth-order valence-corrected chi connectivity index (χ4v) is 3.88. The van der Waals surface area contributed by atoms with E-state index >= 15 is 0 Å². The highest BCUT2D eigenvalue weighted by Gasteiger charge is 2.17. The molecule has 1 N–H and O–H groups in total. The van der Waals surface area contributed by atoms with Crippen LogP contribution < -0.4 is 5.32 Å². The molecular formula is C22H23N5OS. The fourth-order valence-electron chi connectivity index (χ4n) is 3.55. The summed E-state index contributed by atoms with van der Waals surface area (Å²) in [5.41, 5.74) is 3.68. The molecule has 0 spiro atoms. The maximum absolute atomic E-state index is 12.8. The molecule has 0 fully saturated rings. The van der Waals surface area contributed by atoms with Crippen molar-refractivity contribution in [1.29, 1.82) is 0 Å². The lowest BCUT2D eigenvalue weighted by Gasteiger charge is -2.16. The molecule has 0 saturated carbocycles. The van der Waals surface area contributed by atoms with E-state index in [1.807, 2.05) is 39.2 Å². The van der Waals surface area contributed by atoms with E-state index in [0.29, 0.717) is 10.9 Å². The number of rotatable bonds is 5. The zero-order chi connectivity index (χ0) is 20.5. The minimum absolute atomic E-state index is 0.0387. The number of amides is 1. The van der Waals surface area contributed by atoms with Crippen molar-refractivity contribution in [2.75, 3.05) is 6.26 Å². The van der Waals surface area contributed by atoms with Crippen molar-refractivity contribution in [3.63, 3.8) is 0 Å². The summed E-state index contributed by atoms with van der Waals surface area (Å²) in [5, 5.41) is 10.6. The Bertz CT molecular complexity index is 1220. The van der Waals surface area contributed by atoms with Gasteiger partial charge < -0.3 is 5.32 Å². The molecule has 2 aromatic heterocycles. The second kappa shape index (κ2) is 7.83. The predicted molar refractivity (Wildman–Crippen MR) is 116 cm³/mol. The monoisotopic (exact) mass is 405 g/mol. The molecule has 0 aliphatic rings. The van der Waals surface area contributed by atoms with Crippen molar-refractivity contribution in [2.45, 2.75) is 38.4 Å². The molecule has 4 rings (SSSR count). The van der Waals surface area contributed by atoms with Crippen LogP contribution in [0, 0.1) is 13.8 Å². The standard InChI is InChI=1S/C22H23N5OS/c1-13(17-10-9-16-7-5-6-8-18(16)11-17)23-20(28)12-19-14(2)24-21-25-22(29-4)26-27(21)15(19)3/h5-11,13H,12H2,1-4H3,(H,23,28). The van der Waals surface area contributed by atoms with E-state index in [-0.39, 0.29) is 18.4 Å². The van der Waals surface area contributed by atoms with Gasteiger partial charge in [-0.15, -0.1) is 5.10 Å². The number of fused-ring (bicyclic) bond motifs is 2. The first-order chi connectivity index (χ1) is 14.0. The molecule has 0 radical (unpaired) electrons. The second-order valence-electron chi connectivity index (χ2n) is 7.14. The van der Waals surface area contributed by atoms with Gasteiger partial charge in [0.05, 0.1) is 12.5 Å². The Morgan fingerprint density at radius 1 is 1.14 bits per heavy atom. The number of carbonyl (C=O) groups excluding carboxylic acids is 1. The number of hydrogen-bond donors (Lipinski definition) is 1. The minimum Gasteiger partial charge on any atom is -0.349 e. The first-order valence-electron chi connectivity index (χ1n) is 9.51. The van der Waals surface area contributed by atoms with E-state index in [1.165, 1.54) is 22.5 Å². The van der Waals surface area contributed by atoms with Crippen LogP contribution in [0.25, 0.3) is 16.6 Å². The van der Waals surface area contributed by atoms with Crippen LogP contribution in [0.5, 0.6) is 0 Å². The molecule has 7 heteroatoms. The molecule has 0 saturated heterocycles.